The molecule has 2 amide bonds. The summed E-state index contributed by atoms with van der Waals surface area (Å²) in [6.07, 6.45) is 4.00. The van der Waals surface area contributed by atoms with E-state index in [0.29, 0.717) is 24.6 Å². The number of nitrogens with one attached hydrogen (secondary N) is 2. The molecule has 2 rings (SSSR count). The predicted molar refractivity (Wildman–Crippen MR) is 94.2 cm³/mol. The van der Waals surface area contributed by atoms with Crippen molar-refractivity contribution in [1.29, 1.82) is 0 Å². The van der Waals surface area contributed by atoms with Crippen molar-refractivity contribution in [3.8, 4) is 0 Å². The second kappa shape index (κ2) is 9.27. The van der Waals surface area contributed by atoms with Gasteiger partial charge >= 0.3 is 0 Å². The van der Waals surface area contributed by atoms with Crippen LogP contribution in [0.25, 0.3) is 0 Å². The molecule has 6 heteroatoms. The van der Waals surface area contributed by atoms with E-state index in [2.05, 4.69) is 10.6 Å². The lowest BCUT2D eigenvalue weighted by atomic mass is 10.1. The fourth-order valence-electron chi connectivity index (χ4n) is 2.60. The van der Waals surface area contributed by atoms with Crippen molar-refractivity contribution in [2.75, 3.05) is 39.1 Å². The van der Waals surface area contributed by atoms with Crippen molar-refractivity contribution < 1.29 is 14.3 Å². The summed E-state index contributed by atoms with van der Waals surface area (Å²) in [5.74, 6) is -0.159. The van der Waals surface area contributed by atoms with Gasteiger partial charge in [0, 0.05) is 51.5 Å². The number of carbonyl (C=O) groups excluding carboxylic acids is 2. The van der Waals surface area contributed by atoms with Crippen LogP contribution < -0.4 is 10.6 Å². The second-order valence-corrected chi connectivity index (χ2v) is 6.22. The van der Waals surface area contributed by atoms with Crippen molar-refractivity contribution >= 4 is 17.5 Å². The first-order valence-electron chi connectivity index (χ1n) is 8.50. The Hall–Kier alpha value is -2.08. The van der Waals surface area contributed by atoms with E-state index in [-0.39, 0.29) is 11.8 Å². The maximum atomic E-state index is 12.0. The lowest BCUT2D eigenvalue weighted by Crippen LogP contribution is -2.30. The van der Waals surface area contributed by atoms with Gasteiger partial charge in [0.2, 0.25) is 5.91 Å². The minimum absolute atomic E-state index is 0.00101. The number of anilines is 1. The third kappa shape index (κ3) is 5.85. The van der Waals surface area contributed by atoms with Crippen molar-refractivity contribution in [1.82, 2.24) is 10.2 Å². The Morgan fingerprint density at radius 3 is 2.58 bits per heavy atom. The number of carbonyl (C=O) groups is 2. The molecule has 1 aromatic carbocycles. The molecule has 0 bridgehead atoms. The molecule has 1 fully saturated rings. The Morgan fingerprint density at radius 2 is 1.96 bits per heavy atom. The molecule has 0 aliphatic carbocycles. The Morgan fingerprint density at radius 1 is 1.21 bits per heavy atom. The van der Waals surface area contributed by atoms with Crippen LogP contribution in [0.5, 0.6) is 0 Å². The Labute approximate surface area is 143 Å². The van der Waals surface area contributed by atoms with Gasteiger partial charge in [0.15, 0.2) is 0 Å². The molecular formula is C18H27N3O3. The van der Waals surface area contributed by atoms with Crippen molar-refractivity contribution in [2.24, 2.45) is 0 Å². The number of benzene rings is 1. The average Bonchev–Trinajstić information content (AvgIpc) is 3.08. The van der Waals surface area contributed by atoms with E-state index in [1.807, 2.05) is 12.1 Å². The highest BCUT2D eigenvalue weighted by Gasteiger charge is 2.14. The Bertz CT molecular complexity index is 537. The normalized spacial score (nSPS) is 16.7. The van der Waals surface area contributed by atoms with E-state index in [1.165, 1.54) is 4.90 Å². The number of ether oxygens (including phenoxy) is 1. The molecule has 0 radical (unpaired) electrons. The van der Waals surface area contributed by atoms with E-state index in [4.69, 9.17) is 4.74 Å². The van der Waals surface area contributed by atoms with E-state index >= 15 is 0 Å². The van der Waals surface area contributed by atoms with E-state index < -0.39 is 0 Å². The zero-order valence-electron chi connectivity index (χ0n) is 14.5. The lowest BCUT2D eigenvalue weighted by Gasteiger charge is -2.12. The maximum absolute atomic E-state index is 12.0. The van der Waals surface area contributed by atoms with Gasteiger partial charge < -0.3 is 20.3 Å². The van der Waals surface area contributed by atoms with Gasteiger partial charge in [0.1, 0.15) is 0 Å². The fraction of sp³-hybridized carbons (Fsp3) is 0.556. The first-order chi connectivity index (χ1) is 11.6. The van der Waals surface area contributed by atoms with Gasteiger partial charge in [-0.15, -0.1) is 0 Å². The van der Waals surface area contributed by atoms with Gasteiger partial charge in [-0.05, 0) is 43.5 Å². The van der Waals surface area contributed by atoms with Gasteiger partial charge in [0.05, 0.1) is 6.10 Å². The molecule has 132 valence electrons. The van der Waals surface area contributed by atoms with Crippen molar-refractivity contribution in [3.05, 3.63) is 29.8 Å². The molecule has 1 saturated heterocycles. The van der Waals surface area contributed by atoms with Gasteiger partial charge in [0.25, 0.3) is 5.91 Å². The zero-order valence-corrected chi connectivity index (χ0v) is 14.5. The standard InChI is InChI=1S/C18H27N3O3/c1-21(2)17(22)10-12-20-18(23)14-5-7-15(8-6-14)19-11-9-16-4-3-13-24-16/h5-8,16,19H,3-4,9-13H2,1-2H3,(H,20,23). The molecule has 24 heavy (non-hydrogen) atoms. The zero-order chi connectivity index (χ0) is 17.4. The minimum Gasteiger partial charge on any atom is -0.385 e. The maximum Gasteiger partial charge on any atom is 0.251 e. The SMILES string of the molecule is CN(C)C(=O)CCNC(=O)c1ccc(NCCC2CCCO2)cc1. The van der Waals surface area contributed by atoms with Gasteiger partial charge in [-0.3, -0.25) is 9.59 Å². The molecule has 1 atom stereocenters. The van der Waals surface area contributed by atoms with E-state index in [0.717, 1.165) is 38.1 Å². The molecule has 6 nitrogen and oxygen atoms in total. The molecule has 1 unspecified atom stereocenters. The van der Waals surface area contributed by atoms with Gasteiger partial charge in [-0.25, -0.2) is 0 Å². The summed E-state index contributed by atoms with van der Waals surface area (Å²) in [5, 5.41) is 6.11. The highest BCUT2D eigenvalue weighted by molar-refractivity contribution is 5.94. The first kappa shape index (κ1) is 18.3. The Balaban J connectivity index is 1.70. The highest BCUT2D eigenvalue weighted by atomic mass is 16.5. The molecule has 1 aliphatic heterocycles. The van der Waals surface area contributed by atoms with E-state index in [1.54, 1.807) is 26.2 Å². The quantitative estimate of drug-likeness (QED) is 0.762. The number of hydrogen-bond donors (Lipinski definition) is 2. The summed E-state index contributed by atoms with van der Waals surface area (Å²) in [6, 6.07) is 7.37. The van der Waals surface area contributed by atoms with Crippen molar-refractivity contribution in [3.63, 3.8) is 0 Å². The van der Waals surface area contributed by atoms with Gasteiger partial charge in [-0.1, -0.05) is 0 Å². The number of amides is 2. The number of nitrogens with zero attached hydrogens (tertiary/aromatic N) is 1. The molecular weight excluding hydrogens is 306 g/mol. The van der Waals surface area contributed by atoms with Crippen LogP contribution >= 0.6 is 0 Å². The number of hydrogen-bond acceptors (Lipinski definition) is 4. The smallest absolute Gasteiger partial charge is 0.251 e. The van der Waals surface area contributed by atoms with E-state index in [9.17, 15) is 9.59 Å². The van der Waals surface area contributed by atoms with Crippen LogP contribution in [0.4, 0.5) is 5.69 Å². The Kier molecular flexibility index (Phi) is 7.06. The molecule has 0 spiro atoms. The highest BCUT2D eigenvalue weighted by Crippen LogP contribution is 2.16. The molecule has 1 aromatic rings. The molecule has 1 aliphatic rings. The first-order valence-corrected chi connectivity index (χ1v) is 8.50. The van der Waals surface area contributed by atoms with Crippen LogP contribution in [-0.2, 0) is 9.53 Å². The lowest BCUT2D eigenvalue weighted by molar-refractivity contribution is -0.128. The summed E-state index contributed by atoms with van der Waals surface area (Å²) >= 11 is 0. The van der Waals surface area contributed by atoms with Crippen LogP contribution in [0.2, 0.25) is 0 Å². The largest absolute Gasteiger partial charge is 0.385 e. The van der Waals surface area contributed by atoms with Crippen molar-refractivity contribution in [2.45, 2.75) is 31.8 Å². The fourth-order valence-corrected chi connectivity index (χ4v) is 2.60. The third-order valence-corrected chi connectivity index (χ3v) is 4.09. The molecule has 2 N–H and O–H groups in total. The topological polar surface area (TPSA) is 70.7 Å². The summed E-state index contributed by atoms with van der Waals surface area (Å²) in [5.41, 5.74) is 1.59. The molecule has 1 heterocycles. The molecule has 0 saturated carbocycles. The molecule has 0 aromatic heterocycles. The summed E-state index contributed by atoms with van der Waals surface area (Å²) in [4.78, 5) is 25.0. The third-order valence-electron chi connectivity index (χ3n) is 4.09. The summed E-state index contributed by atoms with van der Waals surface area (Å²) < 4.78 is 5.59. The monoisotopic (exact) mass is 333 g/mol. The average molecular weight is 333 g/mol. The second-order valence-electron chi connectivity index (χ2n) is 6.22. The van der Waals surface area contributed by atoms with Crippen LogP contribution in [0, 0.1) is 0 Å². The number of rotatable bonds is 8. The minimum atomic E-state index is -0.160. The van der Waals surface area contributed by atoms with Crippen LogP contribution in [0.15, 0.2) is 24.3 Å². The summed E-state index contributed by atoms with van der Waals surface area (Å²) in [6.45, 7) is 2.09. The van der Waals surface area contributed by atoms with Crippen LogP contribution in [0.1, 0.15) is 36.0 Å². The predicted octanol–water partition coefficient (Wildman–Crippen LogP) is 1.88. The van der Waals surface area contributed by atoms with Crippen LogP contribution in [0.3, 0.4) is 0 Å². The van der Waals surface area contributed by atoms with Crippen LogP contribution in [-0.4, -0.2) is 56.6 Å². The summed E-state index contributed by atoms with van der Waals surface area (Å²) in [7, 11) is 3.41. The van der Waals surface area contributed by atoms with Gasteiger partial charge in [-0.2, -0.15) is 0 Å².